The molecule has 3 fully saturated rings. The number of piperidine rings is 2. The number of hydrogen-bond acceptors (Lipinski definition) is 5. The molecule has 1 N–H and O–H groups in total. The van der Waals surface area contributed by atoms with Crippen molar-refractivity contribution < 1.29 is 13.6 Å². The predicted molar refractivity (Wildman–Crippen MR) is 146 cm³/mol. The van der Waals surface area contributed by atoms with E-state index < -0.39 is 5.92 Å². The minimum absolute atomic E-state index is 0.195. The van der Waals surface area contributed by atoms with E-state index in [-0.39, 0.29) is 31.8 Å². The maximum absolute atomic E-state index is 13.8. The Kier molecular flexibility index (Phi) is 6.00. The Balaban J connectivity index is 1.29. The molecule has 3 aromatic rings. The van der Waals surface area contributed by atoms with Crippen LogP contribution in [0, 0.1) is 8.99 Å². The highest BCUT2D eigenvalue weighted by Crippen LogP contribution is 2.54. The molecule has 0 atom stereocenters. The van der Waals surface area contributed by atoms with Gasteiger partial charge in [0.05, 0.1) is 11.3 Å². The Labute approximate surface area is 222 Å². The van der Waals surface area contributed by atoms with Crippen molar-refractivity contribution in [2.24, 2.45) is 5.41 Å². The van der Waals surface area contributed by atoms with Crippen molar-refractivity contribution in [3.63, 3.8) is 0 Å². The first-order valence-electron chi connectivity index (χ1n) is 12.6. The highest BCUT2D eigenvalue weighted by Gasteiger charge is 2.44. The third-order valence-corrected chi connectivity index (χ3v) is 8.60. The molecule has 6 nitrogen and oxygen atoms in total. The number of nitrogens with one attached hydrogen (secondary N) is 1. The van der Waals surface area contributed by atoms with Crippen molar-refractivity contribution in [1.82, 2.24) is 9.97 Å². The first-order valence-corrected chi connectivity index (χ1v) is 13.6. The standard InChI is InChI=1S/C27H28F2IN5O/c28-27(29)9-14-35(15-10-27)24-23-18(2-1-11-31-23)16-22(32-24)33-25(36)20-4-3-19(30)17-21(20)34-12-7-26(5-6-26)8-13-34/h1-4,11,16-17H,5-10,12-15H2,(H,32,33,36). The van der Waals surface area contributed by atoms with Crippen LogP contribution in [0.4, 0.5) is 26.1 Å². The van der Waals surface area contributed by atoms with E-state index in [4.69, 9.17) is 4.98 Å². The van der Waals surface area contributed by atoms with Crippen molar-refractivity contribution in [3.8, 4) is 0 Å². The molecule has 3 aliphatic rings. The molecule has 6 rings (SSSR count). The number of carbonyl (C=O) groups is 1. The van der Waals surface area contributed by atoms with Gasteiger partial charge in [-0.15, -0.1) is 0 Å². The molecule has 36 heavy (non-hydrogen) atoms. The number of carbonyl (C=O) groups excluding carboxylic acids is 1. The van der Waals surface area contributed by atoms with E-state index in [9.17, 15) is 13.6 Å². The number of pyridine rings is 2. The molecule has 1 saturated carbocycles. The van der Waals surface area contributed by atoms with Crippen LogP contribution in [0.15, 0.2) is 42.6 Å². The molecule has 9 heteroatoms. The summed E-state index contributed by atoms with van der Waals surface area (Å²) in [5, 5.41) is 3.80. The van der Waals surface area contributed by atoms with Gasteiger partial charge in [0.2, 0.25) is 0 Å². The molecule has 188 valence electrons. The fraction of sp³-hybridized carbons (Fsp3) is 0.444. The smallest absolute Gasteiger partial charge is 0.258 e. The number of amides is 1. The maximum Gasteiger partial charge on any atom is 0.258 e. The molecular weight excluding hydrogens is 575 g/mol. The van der Waals surface area contributed by atoms with Crippen LogP contribution in [-0.4, -0.2) is 48.0 Å². The van der Waals surface area contributed by atoms with E-state index >= 15 is 0 Å². The molecule has 0 bridgehead atoms. The summed E-state index contributed by atoms with van der Waals surface area (Å²) < 4.78 is 28.7. The van der Waals surface area contributed by atoms with Gasteiger partial charge in [-0.2, -0.15) is 0 Å². The van der Waals surface area contributed by atoms with Crippen LogP contribution >= 0.6 is 22.6 Å². The minimum Gasteiger partial charge on any atom is -0.371 e. The van der Waals surface area contributed by atoms with Gasteiger partial charge < -0.3 is 15.1 Å². The molecule has 2 aromatic heterocycles. The van der Waals surface area contributed by atoms with Gasteiger partial charge in [-0.1, -0.05) is 6.07 Å². The molecule has 0 radical (unpaired) electrons. The van der Waals surface area contributed by atoms with E-state index in [1.165, 1.54) is 25.7 Å². The minimum atomic E-state index is -2.65. The Morgan fingerprint density at radius 1 is 0.944 bits per heavy atom. The molecule has 1 amide bonds. The van der Waals surface area contributed by atoms with Crippen LogP contribution in [0.5, 0.6) is 0 Å². The van der Waals surface area contributed by atoms with Crippen molar-refractivity contribution in [2.75, 3.05) is 41.3 Å². The van der Waals surface area contributed by atoms with Crippen molar-refractivity contribution in [2.45, 2.75) is 44.4 Å². The van der Waals surface area contributed by atoms with Crippen LogP contribution < -0.4 is 15.1 Å². The van der Waals surface area contributed by atoms with E-state index in [2.05, 4.69) is 43.9 Å². The lowest BCUT2D eigenvalue weighted by atomic mass is 9.93. The zero-order valence-corrected chi connectivity index (χ0v) is 22.1. The molecule has 0 unspecified atom stereocenters. The normalized spacial score (nSPS) is 20.5. The average Bonchev–Trinajstić information content (AvgIpc) is 3.62. The maximum atomic E-state index is 13.8. The third kappa shape index (κ3) is 4.73. The lowest BCUT2D eigenvalue weighted by molar-refractivity contribution is -0.0221. The van der Waals surface area contributed by atoms with Crippen molar-refractivity contribution >= 4 is 56.7 Å². The second kappa shape index (κ2) is 9.08. The second-order valence-electron chi connectivity index (χ2n) is 10.4. The lowest BCUT2D eigenvalue weighted by Gasteiger charge is -2.35. The fourth-order valence-electron chi connectivity index (χ4n) is 5.44. The van der Waals surface area contributed by atoms with Gasteiger partial charge >= 0.3 is 0 Å². The summed E-state index contributed by atoms with van der Waals surface area (Å²) >= 11 is 2.29. The van der Waals surface area contributed by atoms with Crippen LogP contribution in [0.1, 0.15) is 48.9 Å². The van der Waals surface area contributed by atoms with E-state index in [0.717, 1.165) is 27.7 Å². The van der Waals surface area contributed by atoms with Crippen molar-refractivity contribution in [1.29, 1.82) is 0 Å². The highest BCUT2D eigenvalue weighted by atomic mass is 127. The van der Waals surface area contributed by atoms with Crippen LogP contribution in [0.3, 0.4) is 0 Å². The molecular formula is C27H28F2IN5O. The fourth-order valence-corrected chi connectivity index (χ4v) is 5.91. The monoisotopic (exact) mass is 603 g/mol. The second-order valence-corrected chi connectivity index (χ2v) is 11.6. The first-order chi connectivity index (χ1) is 17.3. The number of anilines is 3. The quantitative estimate of drug-likeness (QED) is 0.366. The lowest BCUT2D eigenvalue weighted by Crippen LogP contribution is -2.40. The summed E-state index contributed by atoms with van der Waals surface area (Å²) in [6.07, 6.45) is 6.26. The zero-order valence-electron chi connectivity index (χ0n) is 19.9. The predicted octanol–water partition coefficient (Wildman–Crippen LogP) is 6.10. The van der Waals surface area contributed by atoms with Gasteiger partial charge in [-0.3, -0.25) is 9.78 Å². The van der Waals surface area contributed by atoms with Gasteiger partial charge in [0.25, 0.3) is 11.8 Å². The number of halogens is 3. The molecule has 2 saturated heterocycles. The van der Waals surface area contributed by atoms with Gasteiger partial charge in [-0.05, 0) is 84.0 Å². The van der Waals surface area contributed by atoms with E-state index in [1.807, 2.05) is 29.2 Å². The number of fused-ring (bicyclic) bond motifs is 1. The Morgan fingerprint density at radius 2 is 1.67 bits per heavy atom. The number of hydrogen-bond donors (Lipinski definition) is 1. The summed E-state index contributed by atoms with van der Waals surface area (Å²) in [6, 6.07) is 11.4. The Bertz CT molecular complexity index is 1310. The van der Waals surface area contributed by atoms with Gasteiger partial charge in [0.15, 0.2) is 5.82 Å². The molecule has 1 aromatic carbocycles. The number of aromatic nitrogens is 2. The molecule has 1 aliphatic carbocycles. The number of rotatable bonds is 4. The summed E-state index contributed by atoms with van der Waals surface area (Å²) in [5.74, 6) is -1.94. The van der Waals surface area contributed by atoms with Crippen LogP contribution in [0.25, 0.3) is 10.9 Å². The topological polar surface area (TPSA) is 61.4 Å². The van der Waals surface area contributed by atoms with Crippen molar-refractivity contribution in [3.05, 3.63) is 51.7 Å². The molecule has 4 heterocycles. The average molecular weight is 603 g/mol. The van der Waals surface area contributed by atoms with Crippen LogP contribution in [-0.2, 0) is 0 Å². The van der Waals surface area contributed by atoms with Gasteiger partial charge in [-0.25, -0.2) is 13.8 Å². The first kappa shape index (κ1) is 23.8. The zero-order chi connectivity index (χ0) is 24.9. The largest absolute Gasteiger partial charge is 0.371 e. The Morgan fingerprint density at radius 3 is 2.39 bits per heavy atom. The summed E-state index contributed by atoms with van der Waals surface area (Å²) in [5.41, 5.74) is 2.78. The van der Waals surface area contributed by atoms with Gasteiger partial charge in [0, 0.05) is 54.2 Å². The van der Waals surface area contributed by atoms with E-state index in [0.29, 0.717) is 28.1 Å². The Hall–Kier alpha value is -2.56. The molecule has 2 aliphatic heterocycles. The van der Waals surface area contributed by atoms with Crippen LogP contribution in [0.2, 0.25) is 0 Å². The highest BCUT2D eigenvalue weighted by molar-refractivity contribution is 14.1. The van der Waals surface area contributed by atoms with E-state index in [1.54, 1.807) is 12.3 Å². The SMILES string of the molecule is O=C(Nc1cc2cccnc2c(N2CCC(F)(F)CC2)n1)c1ccc(I)cc1N1CCC2(CC1)CC2. The number of alkyl halides is 2. The summed E-state index contributed by atoms with van der Waals surface area (Å²) in [6.45, 7) is 2.32. The third-order valence-electron chi connectivity index (χ3n) is 7.93. The summed E-state index contributed by atoms with van der Waals surface area (Å²) in [7, 11) is 0. The number of benzene rings is 1. The summed E-state index contributed by atoms with van der Waals surface area (Å²) in [4.78, 5) is 26.9. The molecule has 1 spiro atoms. The van der Waals surface area contributed by atoms with Gasteiger partial charge in [0.1, 0.15) is 11.3 Å². The number of nitrogens with zero attached hydrogens (tertiary/aromatic N) is 4.